The van der Waals surface area contributed by atoms with Crippen molar-refractivity contribution in [3.8, 4) is 5.69 Å². The number of para-hydroxylation sites is 1. The molecule has 0 bridgehead atoms. The van der Waals surface area contributed by atoms with E-state index in [9.17, 15) is 9.59 Å². The summed E-state index contributed by atoms with van der Waals surface area (Å²) in [6.07, 6.45) is 0. The number of hydrogen-bond acceptors (Lipinski definition) is 7. The summed E-state index contributed by atoms with van der Waals surface area (Å²) in [5, 5.41) is 10.3. The topological polar surface area (TPSA) is 85.2 Å². The van der Waals surface area contributed by atoms with Gasteiger partial charge < -0.3 is 15.4 Å². The minimum absolute atomic E-state index is 0.235. The monoisotopic (exact) mass is 512 g/mol. The first kappa shape index (κ1) is 24.2. The molecular weight excluding hydrogens is 488 g/mol. The molecule has 3 aromatic rings. The van der Waals surface area contributed by atoms with Gasteiger partial charge in [0.25, 0.3) is 0 Å². The van der Waals surface area contributed by atoms with Crippen molar-refractivity contribution < 1.29 is 14.3 Å². The van der Waals surface area contributed by atoms with Crippen molar-refractivity contribution in [3.05, 3.63) is 80.4 Å². The Morgan fingerprint density at radius 1 is 1.24 bits per heavy atom. The van der Waals surface area contributed by atoms with Crippen LogP contribution >= 0.6 is 35.3 Å². The Bertz CT molecular complexity index is 1310. The third kappa shape index (κ3) is 5.24. The maximum absolute atomic E-state index is 13.0. The molecule has 0 spiro atoms. The Hall–Kier alpha value is -2.95. The first-order valence-corrected chi connectivity index (χ1v) is 12.9. The average Bonchev–Trinajstić information content (AvgIpc) is 3.20. The number of nitrogens with zero attached hydrogens (tertiary/aromatic N) is 2. The molecule has 1 aromatic heterocycles. The SMILES string of the molecule is CCOC(=O)C1=C(CSc2nn(-c3ccccc3)c(=S)s2)NC(=O)N[C@H]1c1cc(C)ccc1C. The van der Waals surface area contributed by atoms with Gasteiger partial charge in [-0.3, -0.25) is 0 Å². The number of urea groups is 1. The number of rotatable bonds is 7. The molecule has 0 saturated carbocycles. The number of aromatic nitrogens is 2. The van der Waals surface area contributed by atoms with Crippen LogP contribution in [0.15, 0.2) is 64.1 Å². The summed E-state index contributed by atoms with van der Waals surface area (Å²) in [6, 6.07) is 14.7. The number of esters is 1. The minimum atomic E-state index is -0.608. The van der Waals surface area contributed by atoms with E-state index in [0.717, 1.165) is 26.7 Å². The van der Waals surface area contributed by atoms with Crippen molar-refractivity contribution >= 4 is 47.3 Å². The van der Waals surface area contributed by atoms with E-state index in [2.05, 4.69) is 15.7 Å². The molecule has 0 saturated heterocycles. The van der Waals surface area contributed by atoms with Crippen LogP contribution in [0.5, 0.6) is 0 Å². The van der Waals surface area contributed by atoms with Crippen LogP contribution in [0, 0.1) is 17.8 Å². The van der Waals surface area contributed by atoms with Gasteiger partial charge in [-0.25, -0.2) is 14.3 Å². The van der Waals surface area contributed by atoms with Gasteiger partial charge in [0, 0.05) is 11.4 Å². The second kappa shape index (κ2) is 10.5. The second-order valence-electron chi connectivity index (χ2n) is 7.67. The number of ether oxygens (including phenoxy) is 1. The van der Waals surface area contributed by atoms with Crippen molar-refractivity contribution in [1.29, 1.82) is 0 Å². The molecule has 1 aliphatic heterocycles. The van der Waals surface area contributed by atoms with Crippen LogP contribution in [0.1, 0.15) is 29.7 Å². The maximum atomic E-state index is 13.0. The van der Waals surface area contributed by atoms with Gasteiger partial charge in [-0.15, -0.1) is 5.10 Å². The maximum Gasteiger partial charge on any atom is 0.338 e. The van der Waals surface area contributed by atoms with Gasteiger partial charge in [0.2, 0.25) is 0 Å². The Balaban J connectivity index is 1.68. The van der Waals surface area contributed by atoms with Crippen molar-refractivity contribution in [2.24, 2.45) is 0 Å². The zero-order chi connectivity index (χ0) is 24.2. The fourth-order valence-corrected chi connectivity index (χ4v) is 6.00. The van der Waals surface area contributed by atoms with E-state index in [1.54, 1.807) is 11.6 Å². The minimum Gasteiger partial charge on any atom is -0.463 e. The molecule has 176 valence electrons. The lowest BCUT2D eigenvalue weighted by Crippen LogP contribution is -2.46. The molecule has 1 atom stereocenters. The number of carbonyl (C=O) groups is 2. The Morgan fingerprint density at radius 2 is 2.00 bits per heavy atom. The van der Waals surface area contributed by atoms with Crippen molar-refractivity contribution in [3.63, 3.8) is 0 Å². The van der Waals surface area contributed by atoms with Gasteiger partial charge in [-0.1, -0.05) is 65.1 Å². The Kier molecular flexibility index (Phi) is 7.50. The van der Waals surface area contributed by atoms with Gasteiger partial charge in [-0.2, -0.15) is 0 Å². The number of benzene rings is 2. The summed E-state index contributed by atoms with van der Waals surface area (Å²) in [5.41, 5.74) is 4.67. The molecule has 2 aromatic carbocycles. The number of aryl methyl sites for hydroxylation is 2. The Morgan fingerprint density at radius 3 is 2.74 bits per heavy atom. The quantitative estimate of drug-likeness (QED) is 0.256. The molecule has 4 rings (SSSR count). The van der Waals surface area contributed by atoms with Crippen LogP contribution in [-0.4, -0.2) is 34.1 Å². The van der Waals surface area contributed by atoms with E-state index in [0.29, 0.717) is 21.0 Å². The summed E-state index contributed by atoms with van der Waals surface area (Å²) in [7, 11) is 0. The lowest BCUT2D eigenvalue weighted by atomic mass is 9.91. The molecule has 10 heteroatoms. The van der Waals surface area contributed by atoms with E-state index in [1.807, 2.05) is 62.4 Å². The van der Waals surface area contributed by atoms with Crippen LogP contribution in [0.25, 0.3) is 5.69 Å². The highest BCUT2D eigenvalue weighted by Crippen LogP contribution is 2.33. The first-order chi connectivity index (χ1) is 16.4. The van der Waals surface area contributed by atoms with Gasteiger partial charge >= 0.3 is 12.0 Å². The molecule has 0 aliphatic carbocycles. The number of thioether (sulfide) groups is 1. The summed E-state index contributed by atoms with van der Waals surface area (Å²) >= 11 is 8.29. The Labute approximate surface area is 211 Å². The van der Waals surface area contributed by atoms with E-state index in [1.165, 1.54) is 23.1 Å². The van der Waals surface area contributed by atoms with Gasteiger partial charge in [0.1, 0.15) is 0 Å². The molecule has 1 aliphatic rings. The molecular formula is C24H24N4O3S3. The molecule has 2 heterocycles. The van der Waals surface area contributed by atoms with Crippen LogP contribution in [-0.2, 0) is 9.53 Å². The molecule has 0 fully saturated rings. The van der Waals surface area contributed by atoms with Crippen molar-refractivity contribution in [2.75, 3.05) is 12.4 Å². The number of amides is 2. The third-order valence-electron chi connectivity index (χ3n) is 5.26. The predicted octanol–water partition coefficient (Wildman–Crippen LogP) is 5.24. The van der Waals surface area contributed by atoms with Gasteiger partial charge in [-0.05, 0) is 56.2 Å². The van der Waals surface area contributed by atoms with Crippen LogP contribution in [0.4, 0.5) is 4.79 Å². The summed E-state index contributed by atoms with van der Waals surface area (Å²) in [5.74, 6) is -0.126. The smallest absolute Gasteiger partial charge is 0.338 e. The van der Waals surface area contributed by atoms with E-state index in [-0.39, 0.29) is 12.6 Å². The summed E-state index contributed by atoms with van der Waals surface area (Å²) < 4.78 is 8.44. The van der Waals surface area contributed by atoms with Crippen molar-refractivity contribution in [2.45, 2.75) is 31.2 Å². The van der Waals surface area contributed by atoms with Crippen LogP contribution < -0.4 is 10.6 Å². The zero-order valence-corrected chi connectivity index (χ0v) is 21.4. The fraction of sp³-hybridized carbons (Fsp3) is 0.250. The van der Waals surface area contributed by atoms with Gasteiger partial charge in [0.05, 0.1) is 23.9 Å². The summed E-state index contributed by atoms with van der Waals surface area (Å²) in [6.45, 7) is 5.94. The highest BCUT2D eigenvalue weighted by atomic mass is 32.2. The molecule has 2 N–H and O–H groups in total. The van der Waals surface area contributed by atoms with Crippen LogP contribution in [0.2, 0.25) is 0 Å². The normalized spacial score (nSPS) is 15.6. The molecule has 34 heavy (non-hydrogen) atoms. The number of nitrogens with one attached hydrogen (secondary N) is 2. The average molecular weight is 513 g/mol. The molecule has 0 unspecified atom stereocenters. The van der Waals surface area contributed by atoms with E-state index >= 15 is 0 Å². The third-order valence-corrected chi connectivity index (χ3v) is 7.66. The van der Waals surface area contributed by atoms with Gasteiger partial charge in [0.15, 0.2) is 8.29 Å². The molecule has 0 radical (unpaired) electrons. The molecule has 7 nitrogen and oxygen atoms in total. The van der Waals surface area contributed by atoms with Crippen molar-refractivity contribution in [1.82, 2.24) is 20.4 Å². The lowest BCUT2D eigenvalue weighted by Gasteiger charge is -2.30. The van der Waals surface area contributed by atoms with E-state index < -0.39 is 12.0 Å². The standard InChI is InChI=1S/C24H24N4O3S3/c1-4-31-21(29)19-18(25-22(30)26-20(19)17-12-14(2)10-11-15(17)3)13-33-23-27-28(24(32)34-23)16-8-6-5-7-9-16/h5-12,20H,4,13H2,1-3H3,(H2,25,26,30)/t20-/m0/s1. The number of hydrogen-bond donors (Lipinski definition) is 2. The van der Waals surface area contributed by atoms with Crippen LogP contribution in [0.3, 0.4) is 0 Å². The number of carbonyl (C=O) groups excluding carboxylic acids is 2. The first-order valence-electron chi connectivity index (χ1n) is 10.7. The fourth-order valence-electron chi connectivity index (χ4n) is 3.67. The highest BCUT2D eigenvalue weighted by Gasteiger charge is 2.34. The van der Waals surface area contributed by atoms with E-state index in [4.69, 9.17) is 17.0 Å². The highest BCUT2D eigenvalue weighted by molar-refractivity contribution is 8.01. The largest absolute Gasteiger partial charge is 0.463 e. The lowest BCUT2D eigenvalue weighted by molar-refractivity contribution is -0.139. The zero-order valence-electron chi connectivity index (χ0n) is 19.0. The summed E-state index contributed by atoms with van der Waals surface area (Å²) in [4.78, 5) is 25.6. The predicted molar refractivity (Wildman–Crippen MR) is 137 cm³/mol. The molecule has 2 amide bonds. The second-order valence-corrected chi connectivity index (χ2v) is 10.5.